The molecule has 178 valence electrons. The molecule has 0 radical (unpaired) electrons. The van der Waals surface area contributed by atoms with Crippen LogP contribution in [0.25, 0.3) is 0 Å². The molecular weight excluding hydrogens is 454 g/mol. The molecule has 0 saturated carbocycles. The van der Waals surface area contributed by atoms with Crippen molar-refractivity contribution in [3.63, 3.8) is 0 Å². The monoisotopic (exact) mass is 479 g/mol. The van der Waals surface area contributed by atoms with Crippen molar-refractivity contribution in [2.75, 3.05) is 19.0 Å². The molecule has 9 nitrogen and oxygen atoms in total. The summed E-state index contributed by atoms with van der Waals surface area (Å²) in [6, 6.07) is 2.22. The van der Waals surface area contributed by atoms with Gasteiger partial charge in [-0.15, -0.1) is 0 Å². The Bertz CT molecular complexity index is 1070. The number of cyclic esters (lactones) is 1. The number of benzene rings is 2. The molecule has 1 aliphatic rings. The van der Waals surface area contributed by atoms with E-state index in [4.69, 9.17) is 21.1 Å². The van der Waals surface area contributed by atoms with Crippen LogP contribution in [0, 0.1) is 0 Å². The number of hydrogen-bond acceptors (Lipinski definition) is 8. The molecule has 5 N–H and O–H groups in total. The van der Waals surface area contributed by atoms with Crippen molar-refractivity contribution in [2.45, 2.75) is 44.9 Å². The summed E-state index contributed by atoms with van der Waals surface area (Å²) in [5.74, 6) is -2.25. The Balaban J connectivity index is 1.90. The van der Waals surface area contributed by atoms with Crippen molar-refractivity contribution < 1.29 is 39.5 Å². The normalized spacial score (nSPS) is 15.7. The highest BCUT2D eigenvalue weighted by molar-refractivity contribution is 6.33. The number of ether oxygens (including phenoxy) is 2. The lowest BCUT2D eigenvalue weighted by Gasteiger charge is -2.16. The van der Waals surface area contributed by atoms with Gasteiger partial charge >= 0.3 is 5.97 Å². The average molecular weight is 480 g/mol. The molecule has 10 heteroatoms. The minimum absolute atomic E-state index is 0.0295. The highest BCUT2D eigenvalue weighted by Crippen LogP contribution is 2.43. The third-order valence-electron chi connectivity index (χ3n) is 5.47. The van der Waals surface area contributed by atoms with E-state index in [1.54, 1.807) is 0 Å². The van der Waals surface area contributed by atoms with Gasteiger partial charge in [-0.1, -0.05) is 11.6 Å². The Morgan fingerprint density at radius 1 is 0.909 bits per heavy atom. The zero-order valence-electron chi connectivity index (χ0n) is 18.1. The number of amides is 1. The maximum absolute atomic E-state index is 12.7. The first-order valence-electron chi connectivity index (χ1n) is 10.6. The SMILES string of the molecule is COc1c(O)cc2c(O)c1CCCCOC(=O)c1c(O)cc(O)c(Cl)c1CCCCC(=O)N2. The number of aromatic hydroxyl groups is 4. The summed E-state index contributed by atoms with van der Waals surface area (Å²) in [6.07, 6.45) is 2.27. The van der Waals surface area contributed by atoms with Crippen molar-refractivity contribution in [1.82, 2.24) is 0 Å². The van der Waals surface area contributed by atoms with Crippen LogP contribution in [0.4, 0.5) is 5.69 Å². The maximum Gasteiger partial charge on any atom is 0.342 e. The van der Waals surface area contributed by atoms with Crippen LogP contribution >= 0.6 is 11.6 Å². The number of halogens is 1. The second-order valence-electron chi connectivity index (χ2n) is 7.73. The first kappa shape index (κ1) is 24.3. The topological polar surface area (TPSA) is 146 Å². The van der Waals surface area contributed by atoms with Crippen molar-refractivity contribution in [3.05, 3.63) is 33.8 Å². The van der Waals surface area contributed by atoms with E-state index >= 15 is 0 Å². The molecule has 0 atom stereocenters. The molecule has 0 aliphatic carbocycles. The molecular formula is C23H26ClNO8. The number of fused-ring (bicyclic) bond motifs is 3. The predicted octanol–water partition coefficient (Wildman–Crippen LogP) is 4.02. The largest absolute Gasteiger partial charge is 0.507 e. The van der Waals surface area contributed by atoms with Gasteiger partial charge < -0.3 is 35.2 Å². The van der Waals surface area contributed by atoms with E-state index in [-0.39, 0.29) is 76.6 Å². The van der Waals surface area contributed by atoms with E-state index in [0.29, 0.717) is 31.2 Å². The lowest BCUT2D eigenvalue weighted by Crippen LogP contribution is -2.12. The Hall–Kier alpha value is -3.33. The van der Waals surface area contributed by atoms with Gasteiger partial charge in [0.2, 0.25) is 5.91 Å². The summed E-state index contributed by atoms with van der Waals surface area (Å²) >= 11 is 6.19. The van der Waals surface area contributed by atoms with E-state index in [9.17, 15) is 30.0 Å². The van der Waals surface area contributed by atoms with E-state index in [2.05, 4.69) is 5.32 Å². The number of phenolic OH excluding ortho intramolecular Hbond substituents is 4. The summed E-state index contributed by atoms with van der Waals surface area (Å²) in [7, 11) is 1.36. The number of carbonyl (C=O) groups is 2. The van der Waals surface area contributed by atoms with Crippen LogP contribution in [0.15, 0.2) is 12.1 Å². The van der Waals surface area contributed by atoms with Crippen molar-refractivity contribution in [2.24, 2.45) is 0 Å². The van der Waals surface area contributed by atoms with E-state index < -0.39 is 11.7 Å². The fourth-order valence-electron chi connectivity index (χ4n) is 3.84. The molecule has 3 rings (SSSR count). The van der Waals surface area contributed by atoms with E-state index in [0.717, 1.165) is 6.07 Å². The summed E-state index contributed by atoms with van der Waals surface area (Å²) < 4.78 is 10.5. The van der Waals surface area contributed by atoms with E-state index in [1.807, 2.05) is 0 Å². The molecule has 0 spiro atoms. The summed E-state index contributed by atoms with van der Waals surface area (Å²) in [6.45, 7) is 0.0295. The van der Waals surface area contributed by atoms with Crippen molar-refractivity contribution in [3.8, 4) is 28.7 Å². The number of esters is 1. The van der Waals surface area contributed by atoms with Crippen LogP contribution in [0.1, 0.15) is 53.6 Å². The summed E-state index contributed by atoms with van der Waals surface area (Å²) in [5, 5.41) is 43.7. The van der Waals surface area contributed by atoms with Gasteiger partial charge in [0.1, 0.15) is 22.8 Å². The molecule has 0 aromatic heterocycles. The third kappa shape index (κ3) is 5.36. The number of hydrogen-bond donors (Lipinski definition) is 5. The van der Waals surface area contributed by atoms with Crippen molar-refractivity contribution in [1.29, 1.82) is 0 Å². The maximum atomic E-state index is 12.7. The fraction of sp³-hybridized carbons (Fsp3) is 0.391. The van der Waals surface area contributed by atoms with Gasteiger partial charge in [-0.25, -0.2) is 4.79 Å². The Kier molecular flexibility index (Phi) is 7.75. The molecule has 1 amide bonds. The molecule has 2 aromatic rings. The molecule has 0 saturated heterocycles. The quantitative estimate of drug-likeness (QED) is 0.234. The molecule has 2 aromatic carbocycles. The fourth-order valence-corrected chi connectivity index (χ4v) is 4.08. The van der Waals surface area contributed by atoms with Gasteiger partial charge in [0.05, 0.1) is 24.4 Å². The van der Waals surface area contributed by atoms with Crippen LogP contribution < -0.4 is 10.1 Å². The first-order chi connectivity index (χ1) is 15.7. The average Bonchev–Trinajstić information content (AvgIpc) is 2.76. The number of nitrogens with one attached hydrogen (secondary N) is 1. The van der Waals surface area contributed by atoms with E-state index in [1.165, 1.54) is 13.2 Å². The van der Waals surface area contributed by atoms with Gasteiger partial charge in [0, 0.05) is 24.1 Å². The van der Waals surface area contributed by atoms with Crippen LogP contribution in [-0.2, 0) is 22.4 Å². The number of carbonyl (C=O) groups excluding carboxylic acids is 2. The van der Waals surface area contributed by atoms with Gasteiger partial charge in [-0.3, -0.25) is 4.79 Å². The second kappa shape index (κ2) is 10.5. The van der Waals surface area contributed by atoms with Crippen LogP contribution in [0.3, 0.4) is 0 Å². The standard InChI is InChI=1S/C23H26ClNO8/c1-32-22-13-7-4-5-9-33-23(31)19-12(20(24)16(27)11-15(19)26)6-2-3-8-18(29)25-14(21(13)30)10-17(22)28/h10-11,26-28,30H,2-9H2,1H3,(H,25,29). The molecule has 33 heavy (non-hydrogen) atoms. The summed E-state index contributed by atoms with van der Waals surface area (Å²) in [5.41, 5.74) is 0.547. The molecule has 0 fully saturated rings. The Morgan fingerprint density at radius 2 is 1.58 bits per heavy atom. The predicted molar refractivity (Wildman–Crippen MR) is 121 cm³/mol. The Morgan fingerprint density at radius 3 is 2.30 bits per heavy atom. The van der Waals surface area contributed by atoms with Gasteiger partial charge in [-0.2, -0.15) is 0 Å². The molecule has 0 unspecified atom stereocenters. The summed E-state index contributed by atoms with van der Waals surface area (Å²) in [4.78, 5) is 25.1. The number of phenols is 4. The van der Waals surface area contributed by atoms with Gasteiger partial charge in [0.25, 0.3) is 0 Å². The Labute approximate surface area is 195 Å². The molecule has 1 heterocycles. The minimum Gasteiger partial charge on any atom is -0.507 e. The highest BCUT2D eigenvalue weighted by Gasteiger charge is 2.24. The first-order valence-corrected chi connectivity index (χ1v) is 10.9. The smallest absolute Gasteiger partial charge is 0.342 e. The number of methoxy groups -OCH3 is 1. The zero-order chi connectivity index (χ0) is 24.1. The van der Waals surface area contributed by atoms with Crippen LogP contribution in [0.5, 0.6) is 28.7 Å². The minimum atomic E-state index is -0.772. The van der Waals surface area contributed by atoms with Gasteiger partial charge in [0.15, 0.2) is 11.5 Å². The third-order valence-corrected chi connectivity index (χ3v) is 5.89. The molecule has 1 aliphatic heterocycles. The molecule has 2 bridgehead atoms. The zero-order valence-corrected chi connectivity index (χ0v) is 18.9. The highest BCUT2D eigenvalue weighted by atomic mass is 35.5. The van der Waals surface area contributed by atoms with Crippen LogP contribution in [0.2, 0.25) is 5.02 Å². The van der Waals surface area contributed by atoms with Crippen LogP contribution in [-0.4, -0.2) is 46.0 Å². The van der Waals surface area contributed by atoms with Gasteiger partial charge in [-0.05, 0) is 44.1 Å². The lowest BCUT2D eigenvalue weighted by molar-refractivity contribution is -0.116. The second-order valence-corrected chi connectivity index (χ2v) is 8.11. The lowest BCUT2D eigenvalue weighted by atomic mass is 9.99. The number of rotatable bonds is 1. The number of anilines is 1. The van der Waals surface area contributed by atoms with Crippen molar-refractivity contribution >= 4 is 29.2 Å².